The van der Waals surface area contributed by atoms with E-state index in [4.69, 9.17) is 4.42 Å². The Hall–Kier alpha value is -1.38. The Balaban J connectivity index is 2.36. The van der Waals surface area contributed by atoms with Crippen molar-refractivity contribution in [3.05, 3.63) is 46.1 Å². The minimum Gasteiger partial charge on any atom is -0.464 e. The standard InChI is InChI=1S/C13H14BrFN2O3S/c1-8-13(6-10(20-8)7-16-2)21(18,19)17-12-5-9(15)3-4-11(12)14/h3-6,16-17H,7H2,1-2H3. The van der Waals surface area contributed by atoms with E-state index in [1.165, 1.54) is 18.2 Å². The van der Waals surface area contributed by atoms with Gasteiger partial charge >= 0.3 is 0 Å². The van der Waals surface area contributed by atoms with Gasteiger partial charge in [-0.25, -0.2) is 12.8 Å². The van der Waals surface area contributed by atoms with Crippen molar-refractivity contribution in [3.8, 4) is 0 Å². The molecule has 21 heavy (non-hydrogen) atoms. The van der Waals surface area contributed by atoms with E-state index >= 15 is 0 Å². The van der Waals surface area contributed by atoms with Crippen LogP contribution in [-0.4, -0.2) is 15.5 Å². The zero-order valence-corrected chi connectivity index (χ0v) is 13.8. The van der Waals surface area contributed by atoms with Gasteiger partial charge < -0.3 is 9.73 Å². The summed E-state index contributed by atoms with van der Waals surface area (Å²) < 4.78 is 46.1. The van der Waals surface area contributed by atoms with Crippen LogP contribution in [0.1, 0.15) is 11.5 Å². The van der Waals surface area contributed by atoms with Crippen molar-refractivity contribution in [1.29, 1.82) is 0 Å². The molecule has 114 valence electrons. The van der Waals surface area contributed by atoms with Gasteiger partial charge in [-0.15, -0.1) is 0 Å². The molecule has 0 bridgehead atoms. The fourth-order valence-corrected chi connectivity index (χ4v) is 3.58. The third-order valence-electron chi connectivity index (χ3n) is 2.74. The number of anilines is 1. The molecule has 0 aliphatic rings. The average molecular weight is 377 g/mol. The number of hydrogen-bond donors (Lipinski definition) is 2. The number of nitrogens with one attached hydrogen (secondary N) is 2. The summed E-state index contributed by atoms with van der Waals surface area (Å²) in [7, 11) is -2.12. The molecule has 0 spiro atoms. The number of benzene rings is 1. The minimum atomic E-state index is -3.85. The number of halogens is 2. The maximum atomic E-state index is 13.2. The predicted octanol–water partition coefficient (Wildman–Crippen LogP) is 3.01. The third kappa shape index (κ3) is 3.63. The molecule has 0 atom stereocenters. The fourth-order valence-electron chi connectivity index (χ4n) is 1.83. The Labute approximate surface area is 130 Å². The van der Waals surface area contributed by atoms with Gasteiger partial charge in [0.2, 0.25) is 0 Å². The van der Waals surface area contributed by atoms with Crippen LogP contribution in [0.5, 0.6) is 0 Å². The Morgan fingerprint density at radius 3 is 2.71 bits per heavy atom. The van der Waals surface area contributed by atoms with Crippen LogP contribution in [-0.2, 0) is 16.6 Å². The van der Waals surface area contributed by atoms with Gasteiger partial charge in [0.05, 0.1) is 12.2 Å². The normalized spacial score (nSPS) is 11.6. The van der Waals surface area contributed by atoms with Crippen LogP contribution in [0.2, 0.25) is 0 Å². The van der Waals surface area contributed by atoms with Gasteiger partial charge in [-0.1, -0.05) is 0 Å². The highest BCUT2D eigenvalue weighted by molar-refractivity contribution is 9.10. The zero-order chi connectivity index (χ0) is 15.6. The molecule has 0 fully saturated rings. The molecule has 0 amide bonds. The smallest absolute Gasteiger partial charge is 0.265 e. The van der Waals surface area contributed by atoms with Crippen molar-refractivity contribution < 1.29 is 17.2 Å². The summed E-state index contributed by atoms with van der Waals surface area (Å²) in [5.74, 6) is 0.254. The van der Waals surface area contributed by atoms with Crippen molar-refractivity contribution in [2.75, 3.05) is 11.8 Å². The van der Waals surface area contributed by atoms with Crippen LogP contribution >= 0.6 is 15.9 Å². The van der Waals surface area contributed by atoms with Crippen LogP contribution in [0.4, 0.5) is 10.1 Å². The van der Waals surface area contributed by atoms with E-state index in [-0.39, 0.29) is 16.3 Å². The quantitative estimate of drug-likeness (QED) is 0.841. The Bertz CT molecular complexity index is 759. The molecule has 0 radical (unpaired) electrons. The highest BCUT2D eigenvalue weighted by Crippen LogP contribution is 2.28. The summed E-state index contributed by atoms with van der Waals surface area (Å²) in [6.45, 7) is 1.98. The van der Waals surface area contributed by atoms with Gasteiger partial charge in [-0.3, -0.25) is 4.72 Å². The zero-order valence-electron chi connectivity index (χ0n) is 11.4. The summed E-state index contributed by atoms with van der Waals surface area (Å²) >= 11 is 3.18. The summed E-state index contributed by atoms with van der Waals surface area (Å²) in [4.78, 5) is 0.0314. The molecule has 0 unspecified atom stereocenters. The van der Waals surface area contributed by atoms with E-state index in [9.17, 15) is 12.8 Å². The average Bonchev–Trinajstić information content (AvgIpc) is 2.76. The first-order chi connectivity index (χ1) is 9.83. The maximum absolute atomic E-state index is 13.2. The lowest BCUT2D eigenvalue weighted by Gasteiger charge is -2.08. The van der Waals surface area contributed by atoms with E-state index in [1.807, 2.05) is 0 Å². The van der Waals surface area contributed by atoms with Gasteiger partial charge in [0, 0.05) is 10.5 Å². The number of furan rings is 1. The second-order valence-electron chi connectivity index (χ2n) is 4.39. The maximum Gasteiger partial charge on any atom is 0.265 e. The first-order valence-corrected chi connectivity index (χ1v) is 8.33. The molecular weight excluding hydrogens is 363 g/mol. The molecule has 1 aromatic heterocycles. The lowest BCUT2D eigenvalue weighted by molar-refractivity contribution is 0.466. The van der Waals surface area contributed by atoms with E-state index in [2.05, 4.69) is 26.0 Å². The molecule has 0 aliphatic heterocycles. The highest BCUT2D eigenvalue weighted by atomic mass is 79.9. The van der Waals surface area contributed by atoms with Crippen molar-refractivity contribution in [1.82, 2.24) is 5.32 Å². The van der Waals surface area contributed by atoms with Gasteiger partial charge in [-0.2, -0.15) is 0 Å². The molecule has 2 N–H and O–H groups in total. The topological polar surface area (TPSA) is 71.3 Å². The second kappa shape index (κ2) is 6.17. The second-order valence-corrected chi connectivity index (χ2v) is 6.90. The summed E-state index contributed by atoms with van der Waals surface area (Å²) in [6, 6.07) is 5.21. The Kier molecular flexibility index (Phi) is 4.70. The molecule has 0 saturated heterocycles. The summed E-state index contributed by atoms with van der Waals surface area (Å²) in [5, 5.41) is 2.88. The van der Waals surface area contributed by atoms with Crippen LogP contribution < -0.4 is 10.0 Å². The van der Waals surface area contributed by atoms with Crippen LogP contribution in [0.3, 0.4) is 0 Å². The SMILES string of the molecule is CNCc1cc(S(=O)(=O)Nc2cc(F)ccc2Br)c(C)o1. The number of rotatable bonds is 5. The molecule has 5 nitrogen and oxygen atoms in total. The van der Waals surface area contributed by atoms with Crippen molar-refractivity contribution in [3.63, 3.8) is 0 Å². The predicted molar refractivity (Wildman–Crippen MR) is 81.1 cm³/mol. The Morgan fingerprint density at radius 2 is 2.05 bits per heavy atom. The number of aryl methyl sites for hydroxylation is 1. The van der Waals surface area contributed by atoms with E-state index in [0.29, 0.717) is 16.8 Å². The Morgan fingerprint density at radius 1 is 1.33 bits per heavy atom. The largest absolute Gasteiger partial charge is 0.464 e. The molecule has 2 aromatic rings. The van der Waals surface area contributed by atoms with Crippen molar-refractivity contribution in [2.45, 2.75) is 18.4 Å². The third-order valence-corrected chi connectivity index (χ3v) is 4.90. The van der Waals surface area contributed by atoms with Gasteiger partial charge in [0.1, 0.15) is 22.2 Å². The van der Waals surface area contributed by atoms with E-state index < -0.39 is 15.8 Å². The monoisotopic (exact) mass is 376 g/mol. The van der Waals surface area contributed by atoms with Crippen molar-refractivity contribution >= 4 is 31.6 Å². The first kappa shape index (κ1) is 16.0. The molecule has 1 heterocycles. The lowest BCUT2D eigenvalue weighted by Crippen LogP contribution is -2.13. The van der Waals surface area contributed by atoms with E-state index in [0.717, 1.165) is 6.07 Å². The molecule has 2 rings (SSSR count). The van der Waals surface area contributed by atoms with E-state index in [1.54, 1.807) is 14.0 Å². The van der Waals surface area contributed by atoms with Crippen LogP contribution in [0.15, 0.2) is 38.1 Å². The van der Waals surface area contributed by atoms with Gasteiger partial charge in [0.15, 0.2) is 0 Å². The van der Waals surface area contributed by atoms with Gasteiger partial charge in [-0.05, 0) is 48.1 Å². The highest BCUT2D eigenvalue weighted by Gasteiger charge is 2.22. The molecular formula is C13H14BrFN2O3S. The lowest BCUT2D eigenvalue weighted by atomic mass is 10.3. The van der Waals surface area contributed by atoms with Gasteiger partial charge in [0.25, 0.3) is 10.0 Å². The molecule has 1 aromatic carbocycles. The molecule has 0 aliphatic carbocycles. The van der Waals surface area contributed by atoms with Crippen LogP contribution in [0, 0.1) is 12.7 Å². The van der Waals surface area contributed by atoms with Crippen LogP contribution in [0.25, 0.3) is 0 Å². The number of sulfonamides is 1. The minimum absolute atomic E-state index is 0.0314. The van der Waals surface area contributed by atoms with Crippen molar-refractivity contribution in [2.24, 2.45) is 0 Å². The fraction of sp³-hybridized carbons (Fsp3) is 0.231. The number of hydrogen-bond acceptors (Lipinski definition) is 4. The summed E-state index contributed by atoms with van der Waals surface area (Å²) in [5.41, 5.74) is 0.130. The summed E-state index contributed by atoms with van der Waals surface area (Å²) in [6.07, 6.45) is 0. The molecule has 8 heteroatoms. The first-order valence-electron chi connectivity index (χ1n) is 6.05. The molecule has 0 saturated carbocycles.